The Hall–Kier alpha value is -3.68. The van der Waals surface area contributed by atoms with Gasteiger partial charge in [0.1, 0.15) is 23.6 Å². The summed E-state index contributed by atoms with van der Waals surface area (Å²) in [6.07, 6.45) is 0. The van der Waals surface area contributed by atoms with Gasteiger partial charge in [-0.2, -0.15) is 10.2 Å². The van der Waals surface area contributed by atoms with Crippen molar-refractivity contribution < 1.29 is 9.21 Å². The largest absolute Gasteiger partial charge is 0.465 e. The van der Waals surface area contributed by atoms with Gasteiger partial charge in [0.15, 0.2) is 0 Å². The molecule has 3 aromatic heterocycles. The number of nitrogens with one attached hydrogen (secondary N) is 1. The second-order valence-electron chi connectivity index (χ2n) is 6.89. The molecule has 0 saturated carbocycles. The summed E-state index contributed by atoms with van der Waals surface area (Å²) in [5, 5.41) is 12.1. The van der Waals surface area contributed by atoms with E-state index in [1.807, 2.05) is 50.2 Å². The number of rotatable bonds is 5. The van der Waals surface area contributed by atoms with Crippen LogP contribution < -0.4 is 10.9 Å². The fourth-order valence-electron chi connectivity index (χ4n) is 3.30. The zero-order valence-electron chi connectivity index (χ0n) is 16.5. The summed E-state index contributed by atoms with van der Waals surface area (Å²) in [5.74, 6) is 1.11. The molecule has 0 atom stereocenters. The number of amides is 1. The molecule has 8 nitrogen and oxygen atoms in total. The lowest BCUT2D eigenvalue weighted by Crippen LogP contribution is -2.33. The molecule has 0 radical (unpaired) electrons. The third-order valence-corrected chi connectivity index (χ3v) is 4.73. The van der Waals surface area contributed by atoms with Crippen molar-refractivity contribution in [2.24, 2.45) is 0 Å². The molecule has 0 unspecified atom stereocenters. The minimum Gasteiger partial charge on any atom is -0.465 e. The molecule has 0 bridgehead atoms. The summed E-state index contributed by atoms with van der Waals surface area (Å²) in [6, 6.07) is 13.2. The second kappa shape index (κ2) is 7.38. The Balaban J connectivity index is 1.64. The van der Waals surface area contributed by atoms with Gasteiger partial charge in [-0.15, -0.1) is 0 Å². The number of aromatic nitrogens is 4. The zero-order valence-corrected chi connectivity index (χ0v) is 16.5. The molecule has 1 N–H and O–H groups in total. The van der Waals surface area contributed by atoms with Crippen LogP contribution in [0.3, 0.4) is 0 Å². The first-order valence-corrected chi connectivity index (χ1v) is 9.28. The molecule has 1 amide bonds. The van der Waals surface area contributed by atoms with Gasteiger partial charge in [0.25, 0.3) is 5.56 Å². The predicted octanol–water partition coefficient (Wildman–Crippen LogP) is 2.42. The average molecular weight is 391 g/mol. The molecular weight excluding hydrogens is 370 g/mol. The van der Waals surface area contributed by atoms with E-state index < -0.39 is 0 Å². The molecule has 3 heterocycles. The average Bonchev–Trinajstić information content (AvgIpc) is 3.28. The molecule has 148 valence electrons. The smallest absolute Gasteiger partial charge is 0.278 e. The lowest BCUT2D eigenvalue weighted by atomic mass is 10.2. The van der Waals surface area contributed by atoms with Crippen LogP contribution in [0.4, 0.5) is 0 Å². The second-order valence-corrected chi connectivity index (χ2v) is 6.89. The van der Waals surface area contributed by atoms with Crippen LogP contribution >= 0.6 is 0 Å². The maximum atomic E-state index is 13.0. The minimum absolute atomic E-state index is 0.175. The lowest BCUT2D eigenvalue weighted by Gasteiger charge is -2.07. The maximum absolute atomic E-state index is 13.0. The van der Waals surface area contributed by atoms with Crippen LogP contribution in [0, 0.1) is 20.8 Å². The number of fused-ring (bicyclic) bond motifs is 1. The lowest BCUT2D eigenvalue weighted by molar-refractivity contribution is -0.122. The van der Waals surface area contributed by atoms with Crippen molar-refractivity contribution >= 4 is 16.8 Å². The van der Waals surface area contributed by atoms with Gasteiger partial charge in [-0.05, 0) is 45.0 Å². The highest BCUT2D eigenvalue weighted by atomic mass is 16.3. The van der Waals surface area contributed by atoms with Gasteiger partial charge >= 0.3 is 0 Å². The number of carbonyl (C=O) groups excluding carboxylic acids is 1. The monoisotopic (exact) mass is 391 g/mol. The molecule has 0 aliphatic heterocycles. The first-order chi connectivity index (χ1) is 13.9. The molecule has 29 heavy (non-hydrogen) atoms. The van der Waals surface area contributed by atoms with E-state index in [2.05, 4.69) is 15.5 Å². The van der Waals surface area contributed by atoms with Crippen molar-refractivity contribution in [1.29, 1.82) is 0 Å². The van der Waals surface area contributed by atoms with Crippen LogP contribution in [-0.2, 0) is 17.9 Å². The Bertz CT molecular complexity index is 1250. The van der Waals surface area contributed by atoms with Gasteiger partial charge in [-0.3, -0.25) is 9.59 Å². The molecule has 0 aliphatic carbocycles. The van der Waals surface area contributed by atoms with E-state index in [1.165, 1.54) is 4.68 Å². The van der Waals surface area contributed by atoms with Crippen LogP contribution in [0.5, 0.6) is 0 Å². The Labute approximate surface area is 166 Å². The number of carbonyl (C=O) groups is 1. The van der Waals surface area contributed by atoms with Gasteiger partial charge in [0.05, 0.1) is 29.0 Å². The molecular formula is C21H21N5O3. The number of benzene rings is 1. The highest BCUT2D eigenvalue weighted by Crippen LogP contribution is 2.19. The summed E-state index contributed by atoms with van der Waals surface area (Å²) < 4.78 is 8.35. The van der Waals surface area contributed by atoms with Crippen LogP contribution in [0.25, 0.3) is 16.6 Å². The first kappa shape index (κ1) is 18.7. The molecule has 0 aliphatic rings. The van der Waals surface area contributed by atoms with Crippen molar-refractivity contribution in [2.45, 2.75) is 33.9 Å². The maximum Gasteiger partial charge on any atom is 0.278 e. The predicted molar refractivity (Wildman–Crippen MR) is 108 cm³/mol. The van der Waals surface area contributed by atoms with Gasteiger partial charge in [-0.25, -0.2) is 9.36 Å². The number of para-hydroxylation sites is 1. The number of nitrogens with zero attached hydrogens (tertiary/aromatic N) is 4. The molecule has 4 aromatic rings. The highest BCUT2D eigenvalue weighted by Gasteiger charge is 2.18. The van der Waals surface area contributed by atoms with E-state index in [0.717, 1.165) is 11.4 Å². The van der Waals surface area contributed by atoms with E-state index in [9.17, 15) is 9.59 Å². The zero-order chi connectivity index (χ0) is 20.5. The van der Waals surface area contributed by atoms with Crippen molar-refractivity contribution in [1.82, 2.24) is 24.9 Å². The fourth-order valence-corrected chi connectivity index (χ4v) is 3.30. The molecule has 1 aromatic carbocycles. The summed E-state index contributed by atoms with van der Waals surface area (Å²) >= 11 is 0. The Morgan fingerprint density at radius 3 is 2.52 bits per heavy atom. The summed E-state index contributed by atoms with van der Waals surface area (Å²) in [5.41, 5.74) is 2.36. The van der Waals surface area contributed by atoms with Crippen LogP contribution in [0.1, 0.15) is 22.9 Å². The molecule has 8 heteroatoms. The normalized spacial score (nSPS) is 11.1. The molecule has 0 saturated heterocycles. The third-order valence-electron chi connectivity index (χ3n) is 4.73. The Kier molecular flexibility index (Phi) is 4.75. The summed E-state index contributed by atoms with van der Waals surface area (Å²) in [4.78, 5) is 25.3. The van der Waals surface area contributed by atoms with Gasteiger partial charge < -0.3 is 9.73 Å². The molecule has 0 fully saturated rings. The molecule has 0 spiro atoms. The van der Waals surface area contributed by atoms with E-state index >= 15 is 0 Å². The topological polar surface area (TPSA) is 95.0 Å². The minimum atomic E-state index is -0.339. The van der Waals surface area contributed by atoms with Crippen molar-refractivity contribution in [3.05, 3.63) is 75.7 Å². The van der Waals surface area contributed by atoms with Gasteiger partial charge in [0.2, 0.25) is 5.91 Å². The Morgan fingerprint density at radius 1 is 1.07 bits per heavy atom. The standard InChI is InChI=1S/C21H21N5O3/c1-13-9-10-17(29-13)11-22-18(27)12-25-21(28)19-15(3)26(16-7-5-4-6-8-16)24-20(19)14(2)23-25/h4-10H,11-12H2,1-3H3,(H,22,27). The SMILES string of the molecule is Cc1ccc(CNC(=O)Cn2nc(C)c3nn(-c4ccccc4)c(C)c3c2=O)o1. The van der Waals surface area contributed by atoms with Gasteiger partial charge in [-0.1, -0.05) is 18.2 Å². The number of hydrogen-bond acceptors (Lipinski definition) is 5. The molecule has 4 rings (SSSR count). The summed E-state index contributed by atoms with van der Waals surface area (Å²) in [7, 11) is 0. The first-order valence-electron chi connectivity index (χ1n) is 9.28. The number of aryl methyl sites for hydroxylation is 3. The Morgan fingerprint density at radius 2 is 1.83 bits per heavy atom. The van der Waals surface area contributed by atoms with E-state index in [4.69, 9.17) is 4.42 Å². The summed E-state index contributed by atoms with van der Waals surface area (Å²) in [6.45, 7) is 5.54. The van der Waals surface area contributed by atoms with E-state index in [1.54, 1.807) is 17.7 Å². The van der Waals surface area contributed by atoms with Gasteiger partial charge in [0, 0.05) is 0 Å². The van der Waals surface area contributed by atoms with Crippen molar-refractivity contribution in [3.63, 3.8) is 0 Å². The van der Waals surface area contributed by atoms with Crippen LogP contribution in [0.15, 0.2) is 51.7 Å². The van der Waals surface area contributed by atoms with Crippen LogP contribution in [-0.4, -0.2) is 25.5 Å². The fraction of sp³-hybridized carbons (Fsp3) is 0.238. The number of hydrogen-bond donors (Lipinski definition) is 1. The third kappa shape index (κ3) is 3.56. The number of furan rings is 1. The van der Waals surface area contributed by atoms with Crippen LogP contribution in [0.2, 0.25) is 0 Å². The van der Waals surface area contributed by atoms with Crippen molar-refractivity contribution in [3.8, 4) is 5.69 Å². The van der Waals surface area contributed by atoms with Crippen molar-refractivity contribution in [2.75, 3.05) is 0 Å². The quantitative estimate of drug-likeness (QED) is 0.564. The van der Waals surface area contributed by atoms with E-state index in [0.29, 0.717) is 28.1 Å². The highest BCUT2D eigenvalue weighted by molar-refractivity contribution is 5.83. The van der Waals surface area contributed by atoms with E-state index in [-0.39, 0.29) is 24.6 Å².